The van der Waals surface area contributed by atoms with Gasteiger partial charge in [-0.1, -0.05) is 0 Å². The van der Waals surface area contributed by atoms with E-state index in [0.29, 0.717) is 5.69 Å². The van der Waals surface area contributed by atoms with Gasteiger partial charge in [-0.2, -0.15) is 0 Å². The molecule has 0 saturated carbocycles. The van der Waals surface area contributed by atoms with Crippen LogP contribution in [-0.4, -0.2) is 17.5 Å². The van der Waals surface area contributed by atoms with Crippen LogP contribution in [0.2, 0.25) is 0 Å². The number of aromatic nitrogens is 1. The van der Waals surface area contributed by atoms with E-state index < -0.39 is 0 Å². The Labute approximate surface area is 70.0 Å². The van der Waals surface area contributed by atoms with Crippen molar-refractivity contribution < 1.29 is 4.79 Å². The van der Waals surface area contributed by atoms with Crippen molar-refractivity contribution in [3.8, 4) is 0 Å². The van der Waals surface area contributed by atoms with Gasteiger partial charge in [0.2, 0.25) is 0 Å². The lowest BCUT2D eigenvalue weighted by atomic mass is 10.2. The molecule has 0 unspecified atom stereocenters. The molecule has 0 radical (unpaired) electrons. The molecule has 0 atom stereocenters. The van der Waals surface area contributed by atoms with E-state index in [9.17, 15) is 4.79 Å². The second-order valence-electron chi connectivity index (χ2n) is 2.20. The Morgan fingerprint density at radius 2 is 2.36 bits per heavy atom. The van der Waals surface area contributed by atoms with E-state index >= 15 is 0 Å². The molecule has 0 aromatic carbocycles. The summed E-state index contributed by atoms with van der Waals surface area (Å²) in [5.74, 6) is 0. The maximum absolute atomic E-state index is 10.3. The smallest absolute Gasteiger partial charge is 0.168 e. The van der Waals surface area contributed by atoms with E-state index in [1.54, 1.807) is 24.0 Å². The molecule has 58 valence electrons. The van der Waals surface area contributed by atoms with Gasteiger partial charge in [0.15, 0.2) is 6.29 Å². The molecule has 1 aromatic rings. The molecular formula is C8H9NOS. The zero-order chi connectivity index (χ0) is 8.27. The Bertz CT molecular complexity index is 273. The van der Waals surface area contributed by atoms with Crippen LogP contribution >= 0.6 is 11.8 Å². The predicted molar refractivity (Wildman–Crippen MR) is 46.1 cm³/mol. The van der Waals surface area contributed by atoms with Crippen LogP contribution < -0.4 is 0 Å². The number of aryl methyl sites for hydroxylation is 1. The lowest BCUT2D eigenvalue weighted by molar-refractivity contribution is 0.111. The molecule has 1 heterocycles. The lowest BCUT2D eigenvalue weighted by Crippen LogP contribution is -1.88. The van der Waals surface area contributed by atoms with Gasteiger partial charge < -0.3 is 0 Å². The van der Waals surface area contributed by atoms with Crippen molar-refractivity contribution in [2.24, 2.45) is 0 Å². The van der Waals surface area contributed by atoms with Crippen molar-refractivity contribution in [2.75, 3.05) is 6.26 Å². The van der Waals surface area contributed by atoms with E-state index in [-0.39, 0.29) is 0 Å². The summed E-state index contributed by atoms with van der Waals surface area (Å²) in [6.07, 6.45) is 4.48. The third-order valence-corrected chi connectivity index (χ3v) is 2.29. The Morgan fingerprint density at radius 1 is 1.64 bits per heavy atom. The molecule has 0 N–H and O–H groups in total. The van der Waals surface area contributed by atoms with Crippen molar-refractivity contribution in [2.45, 2.75) is 11.8 Å². The summed E-state index contributed by atoms with van der Waals surface area (Å²) in [4.78, 5) is 15.3. The maximum Gasteiger partial charge on any atom is 0.168 e. The number of hydrogen-bond acceptors (Lipinski definition) is 3. The Morgan fingerprint density at radius 3 is 2.82 bits per heavy atom. The highest BCUT2D eigenvalue weighted by atomic mass is 32.2. The third-order valence-electron chi connectivity index (χ3n) is 1.42. The minimum absolute atomic E-state index is 0.500. The van der Waals surface area contributed by atoms with Gasteiger partial charge in [0.05, 0.1) is 0 Å². The molecule has 1 aromatic heterocycles. The second kappa shape index (κ2) is 3.53. The van der Waals surface area contributed by atoms with Crippen molar-refractivity contribution in [3.05, 3.63) is 23.5 Å². The van der Waals surface area contributed by atoms with Crippen molar-refractivity contribution in [1.82, 2.24) is 4.98 Å². The number of hydrogen-bond donors (Lipinski definition) is 0. The van der Waals surface area contributed by atoms with Gasteiger partial charge in [-0.15, -0.1) is 11.8 Å². The van der Waals surface area contributed by atoms with Crippen molar-refractivity contribution in [1.29, 1.82) is 0 Å². The molecule has 2 nitrogen and oxygen atoms in total. The number of carbonyl (C=O) groups excluding carboxylic acids is 1. The van der Waals surface area contributed by atoms with Gasteiger partial charge in [-0.05, 0) is 24.8 Å². The highest BCUT2D eigenvalue weighted by molar-refractivity contribution is 7.98. The lowest BCUT2D eigenvalue weighted by Gasteiger charge is -2.00. The molecular weight excluding hydrogens is 158 g/mol. The molecule has 0 amide bonds. The minimum Gasteiger partial charge on any atom is -0.296 e. The quantitative estimate of drug-likeness (QED) is 0.498. The number of thioether (sulfide) groups is 1. The van der Waals surface area contributed by atoms with E-state index in [1.807, 2.05) is 13.2 Å². The fourth-order valence-electron chi connectivity index (χ4n) is 0.843. The van der Waals surface area contributed by atoms with Crippen LogP contribution in [0.5, 0.6) is 0 Å². The summed E-state index contributed by atoms with van der Waals surface area (Å²) in [6.45, 7) is 1.97. The second-order valence-corrected chi connectivity index (χ2v) is 3.04. The minimum atomic E-state index is 0.500. The molecule has 0 spiro atoms. The first kappa shape index (κ1) is 8.27. The molecule has 0 aliphatic rings. The molecule has 3 heteroatoms. The van der Waals surface area contributed by atoms with Crippen LogP contribution in [0.15, 0.2) is 17.2 Å². The number of pyridine rings is 1. The monoisotopic (exact) mass is 167 g/mol. The van der Waals surface area contributed by atoms with Gasteiger partial charge in [-0.25, -0.2) is 0 Å². The van der Waals surface area contributed by atoms with Crippen molar-refractivity contribution in [3.63, 3.8) is 0 Å². The molecule has 0 saturated heterocycles. The zero-order valence-corrected chi connectivity index (χ0v) is 7.31. The van der Waals surface area contributed by atoms with E-state index in [0.717, 1.165) is 16.7 Å². The zero-order valence-electron chi connectivity index (χ0n) is 6.50. The van der Waals surface area contributed by atoms with Gasteiger partial charge in [0, 0.05) is 11.1 Å². The largest absolute Gasteiger partial charge is 0.296 e. The fraction of sp³-hybridized carbons (Fsp3) is 0.250. The molecule has 0 bridgehead atoms. The van der Waals surface area contributed by atoms with E-state index in [1.165, 1.54) is 0 Å². The number of aldehydes is 1. The summed E-state index contributed by atoms with van der Waals surface area (Å²) in [6, 6.07) is 1.79. The average molecular weight is 167 g/mol. The van der Waals surface area contributed by atoms with E-state index in [2.05, 4.69) is 4.98 Å². The first-order valence-electron chi connectivity index (χ1n) is 3.23. The van der Waals surface area contributed by atoms with Crippen LogP contribution in [0.3, 0.4) is 0 Å². The van der Waals surface area contributed by atoms with Crippen LogP contribution in [0, 0.1) is 6.92 Å². The van der Waals surface area contributed by atoms with Crippen LogP contribution in [-0.2, 0) is 0 Å². The maximum atomic E-state index is 10.3. The molecule has 0 aliphatic carbocycles. The Balaban J connectivity index is 3.09. The van der Waals surface area contributed by atoms with Gasteiger partial charge >= 0.3 is 0 Å². The van der Waals surface area contributed by atoms with Crippen LogP contribution in [0.4, 0.5) is 0 Å². The standard InChI is InChI=1S/C8H9NOS/c1-6-3-7(5-10)9-4-8(6)11-2/h3-5H,1-2H3. The third kappa shape index (κ3) is 1.80. The highest BCUT2D eigenvalue weighted by Crippen LogP contribution is 2.17. The topological polar surface area (TPSA) is 30.0 Å². The van der Waals surface area contributed by atoms with Crippen LogP contribution in [0.25, 0.3) is 0 Å². The summed E-state index contributed by atoms with van der Waals surface area (Å²) < 4.78 is 0. The summed E-state index contributed by atoms with van der Waals surface area (Å²) in [7, 11) is 0. The number of rotatable bonds is 2. The normalized spacial score (nSPS) is 9.64. The van der Waals surface area contributed by atoms with Gasteiger partial charge in [-0.3, -0.25) is 9.78 Å². The molecule has 1 rings (SSSR count). The molecule has 0 fully saturated rings. The number of carbonyl (C=O) groups is 1. The summed E-state index contributed by atoms with van der Waals surface area (Å²) in [5.41, 5.74) is 1.61. The first-order chi connectivity index (χ1) is 5.27. The summed E-state index contributed by atoms with van der Waals surface area (Å²) in [5, 5.41) is 0. The SMILES string of the molecule is CSc1cnc(C=O)cc1C. The molecule has 11 heavy (non-hydrogen) atoms. The fourth-order valence-corrected chi connectivity index (χ4v) is 1.38. The summed E-state index contributed by atoms with van der Waals surface area (Å²) >= 11 is 1.64. The first-order valence-corrected chi connectivity index (χ1v) is 4.46. The Kier molecular flexibility index (Phi) is 2.65. The van der Waals surface area contributed by atoms with Gasteiger partial charge in [0.1, 0.15) is 5.69 Å². The number of nitrogens with zero attached hydrogens (tertiary/aromatic N) is 1. The molecule has 0 aliphatic heterocycles. The average Bonchev–Trinajstić information content (AvgIpc) is 2.04. The highest BCUT2D eigenvalue weighted by Gasteiger charge is 1.97. The van der Waals surface area contributed by atoms with E-state index in [4.69, 9.17) is 0 Å². The predicted octanol–water partition coefficient (Wildman–Crippen LogP) is 1.92. The Hall–Kier alpha value is -0.830. The van der Waals surface area contributed by atoms with Gasteiger partial charge in [0.25, 0.3) is 0 Å². The van der Waals surface area contributed by atoms with Crippen molar-refractivity contribution >= 4 is 18.0 Å². The van der Waals surface area contributed by atoms with Crippen LogP contribution in [0.1, 0.15) is 16.1 Å².